The number of piperidine rings is 1. The van der Waals surface area contributed by atoms with Crippen molar-refractivity contribution in [2.24, 2.45) is 11.8 Å². The van der Waals surface area contributed by atoms with Crippen LogP contribution in [0.5, 0.6) is 5.75 Å². The van der Waals surface area contributed by atoms with E-state index in [9.17, 15) is 22.8 Å². The lowest BCUT2D eigenvalue weighted by atomic mass is 9.85. The van der Waals surface area contributed by atoms with E-state index < -0.39 is 18.1 Å². The quantitative estimate of drug-likeness (QED) is 0.274. The van der Waals surface area contributed by atoms with Crippen LogP contribution in [0.15, 0.2) is 67.3 Å². The Hall–Kier alpha value is -3.57. The molecule has 0 unspecified atom stereocenters. The molecular weight excluding hydrogens is 587 g/mol. The molecule has 1 aliphatic carbocycles. The normalized spacial score (nSPS) is 23.2. The van der Waals surface area contributed by atoms with Crippen molar-refractivity contribution in [3.05, 3.63) is 78.4 Å². The highest BCUT2D eigenvalue weighted by atomic mass is 19.4. The first-order valence-corrected chi connectivity index (χ1v) is 15.8. The minimum Gasteiger partial charge on any atom is -0.445 e. The molecule has 0 aromatic heterocycles. The molecule has 2 heterocycles. The monoisotopic (exact) mass is 629 g/mol. The van der Waals surface area contributed by atoms with Gasteiger partial charge in [0.05, 0.1) is 6.54 Å². The number of rotatable bonds is 10. The van der Waals surface area contributed by atoms with Crippen molar-refractivity contribution < 1.29 is 37.1 Å². The van der Waals surface area contributed by atoms with Gasteiger partial charge in [-0.25, -0.2) is 4.79 Å². The first-order valence-electron chi connectivity index (χ1n) is 15.8. The Bertz CT molecular complexity index is 1290. The summed E-state index contributed by atoms with van der Waals surface area (Å²) in [6.45, 7) is 8.49. The van der Waals surface area contributed by atoms with Gasteiger partial charge in [0.2, 0.25) is 5.91 Å². The third-order valence-corrected chi connectivity index (χ3v) is 9.23. The number of alkyl halides is 3. The topological polar surface area (TPSA) is 71.6 Å². The number of hydrogen-bond donors (Lipinski definition) is 0. The molecule has 3 fully saturated rings. The van der Waals surface area contributed by atoms with E-state index in [0.717, 1.165) is 31.2 Å². The number of amides is 2. The van der Waals surface area contributed by atoms with E-state index in [1.807, 2.05) is 28.2 Å². The molecule has 8 nitrogen and oxygen atoms in total. The predicted octanol–water partition coefficient (Wildman–Crippen LogP) is 6.67. The van der Waals surface area contributed by atoms with Crippen molar-refractivity contribution in [1.82, 2.24) is 14.9 Å². The molecule has 0 N–H and O–H groups in total. The summed E-state index contributed by atoms with van der Waals surface area (Å²) in [4.78, 5) is 37.0. The molecule has 0 radical (unpaired) electrons. The summed E-state index contributed by atoms with van der Waals surface area (Å²) in [6, 6.07) is 15.3. The van der Waals surface area contributed by atoms with Gasteiger partial charge in [0.15, 0.2) is 0 Å². The van der Waals surface area contributed by atoms with Gasteiger partial charge in [0, 0.05) is 44.1 Å². The van der Waals surface area contributed by atoms with Gasteiger partial charge in [0.25, 0.3) is 0 Å². The van der Waals surface area contributed by atoms with Crippen molar-refractivity contribution in [3.8, 4) is 5.75 Å². The molecule has 244 valence electrons. The maximum Gasteiger partial charge on any atom is 0.573 e. The molecule has 5 rings (SSSR count). The Morgan fingerprint density at radius 2 is 1.69 bits per heavy atom. The van der Waals surface area contributed by atoms with Gasteiger partial charge in [-0.1, -0.05) is 68.3 Å². The maximum atomic E-state index is 13.4. The molecular formula is C34H42F3N3O5. The molecule has 11 heteroatoms. The lowest BCUT2D eigenvalue weighted by molar-refractivity contribution is -0.274. The molecule has 45 heavy (non-hydrogen) atoms. The molecule has 2 aliphatic heterocycles. The second kappa shape index (κ2) is 14.2. The van der Waals surface area contributed by atoms with Crippen LogP contribution in [0, 0.1) is 11.8 Å². The number of halogens is 3. The molecule has 2 atom stereocenters. The van der Waals surface area contributed by atoms with E-state index in [-0.39, 0.29) is 36.1 Å². The Balaban J connectivity index is 1.19. The van der Waals surface area contributed by atoms with Crippen molar-refractivity contribution in [1.29, 1.82) is 0 Å². The lowest BCUT2D eigenvalue weighted by Crippen LogP contribution is -2.51. The number of nitrogens with zero attached hydrogens (tertiary/aromatic N) is 3. The fourth-order valence-corrected chi connectivity index (χ4v) is 6.85. The van der Waals surface area contributed by atoms with E-state index in [4.69, 9.17) is 9.57 Å². The minimum atomic E-state index is -4.77. The van der Waals surface area contributed by atoms with Crippen LogP contribution < -0.4 is 4.74 Å². The summed E-state index contributed by atoms with van der Waals surface area (Å²) in [7, 11) is 0. The van der Waals surface area contributed by atoms with Crippen LogP contribution in [0.2, 0.25) is 0 Å². The smallest absolute Gasteiger partial charge is 0.445 e. The van der Waals surface area contributed by atoms with Crippen molar-refractivity contribution >= 4 is 12.0 Å². The van der Waals surface area contributed by atoms with E-state index in [1.54, 1.807) is 11.0 Å². The molecule has 0 bridgehead atoms. The average Bonchev–Trinajstić information content (AvgIpc) is 3.68. The summed E-state index contributed by atoms with van der Waals surface area (Å²) in [5.41, 5.74) is 0.927. The third-order valence-electron chi connectivity index (χ3n) is 9.23. The zero-order chi connectivity index (χ0) is 32.0. The molecule has 2 amide bonds. The number of carbonyl (C=O) groups excluding carboxylic acids is 2. The zero-order valence-corrected chi connectivity index (χ0v) is 25.7. The number of hydroxylamine groups is 2. The largest absolute Gasteiger partial charge is 0.573 e. The van der Waals surface area contributed by atoms with Gasteiger partial charge in [-0.2, -0.15) is 5.06 Å². The third kappa shape index (κ3) is 7.99. The number of benzene rings is 2. The van der Waals surface area contributed by atoms with Crippen LogP contribution in [-0.4, -0.2) is 72.0 Å². The number of likely N-dealkylation sites (tertiary alicyclic amines) is 1. The van der Waals surface area contributed by atoms with Gasteiger partial charge in [0.1, 0.15) is 18.0 Å². The van der Waals surface area contributed by atoms with Crippen molar-refractivity contribution in [2.75, 3.05) is 32.7 Å². The van der Waals surface area contributed by atoms with Gasteiger partial charge in [-0.05, 0) is 48.9 Å². The van der Waals surface area contributed by atoms with Crippen LogP contribution in [0.25, 0.3) is 0 Å². The summed E-state index contributed by atoms with van der Waals surface area (Å²) >= 11 is 0. The first-order chi connectivity index (χ1) is 21.6. The SMILES string of the molecule is C=CCN(C(=O)OCc1ccc(OC(F)(F)F)cc1)C1CCN(O[C@]2(c3ccccc3)CN(C(=O)C3CCCC3)C[C@@H]2C)CC1. The number of carbonyl (C=O) groups is 2. The standard InChI is InChI=1S/C34H42F3N3O5/c1-3-19-40(32(42)43-23-26-13-15-30(16-14-26)44-34(35,36)37)29-17-20-39(21-18-29)45-33(28-11-5-4-6-12-28)24-38(22-25(33)2)31(41)27-9-7-8-10-27/h3-6,11-16,25,27,29H,1,7-10,17-24H2,2H3/t25-,33+/m0/s1. The fourth-order valence-electron chi connectivity index (χ4n) is 6.85. The van der Waals surface area contributed by atoms with Crippen LogP contribution in [0.3, 0.4) is 0 Å². The Morgan fingerprint density at radius 3 is 2.31 bits per heavy atom. The maximum absolute atomic E-state index is 13.4. The van der Waals surface area contributed by atoms with Crippen molar-refractivity contribution in [2.45, 2.75) is 70.1 Å². The highest BCUT2D eigenvalue weighted by Gasteiger charge is 2.51. The molecule has 3 aliphatic rings. The fraction of sp³-hybridized carbons (Fsp3) is 0.529. The van der Waals surface area contributed by atoms with E-state index in [0.29, 0.717) is 51.1 Å². The average molecular weight is 630 g/mol. The first kappa shape index (κ1) is 32.8. The highest BCUT2D eigenvalue weighted by Crippen LogP contribution is 2.43. The predicted molar refractivity (Wildman–Crippen MR) is 162 cm³/mol. The van der Waals surface area contributed by atoms with Gasteiger partial charge in [-0.3, -0.25) is 9.63 Å². The molecule has 2 aromatic carbocycles. The molecule has 0 spiro atoms. The van der Waals surface area contributed by atoms with Crippen LogP contribution in [0.4, 0.5) is 18.0 Å². The van der Waals surface area contributed by atoms with Gasteiger partial charge >= 0.3 is 12.5 Å². The van der Waals surface area contributed by atoms with E-state index in [1.165, 1.54) is 24.3 Å². The van der Waals surface area contributed by atoms with Crippen LogP contribution >= 0.6 is 0 Å². The van der Waals surface area contributed by atoms with Gasteiger partial charge in [-0.15, -0.1) is 19.8 Å². The van der Waals surface area contributed by atoms with E-state index in [2.05, 4.69) is 30.4 Å². The van der Waals surface area contributed by atoms with Crippen LogP contribution in [0.1, 0.15) is 56.6 Å². The Morgan fingerprint density at radius 1 is 1.02 bits per heavy atom. The molecule has 2 aromatic rings. The summed E-state index contributed by atoms with van der Waals surface area (Å²) < 4.78 is 46.7. The zero-order valence-electron chi connectivity index (χ0n) is 25.7. The van der Waals surface area contributed by atoms with Crippen LogP contribution in [-0.2, 0) is 26.6 Å². The summed E-state index contributed by atoms with van der Waals surface area (Å²) in [5, 5.41) is 1.98. The second-order valence-corrected chi connectivity index (χ2v) is 12.3. The Labute approximate surface area is 262 Å². The van der Waals surface area contributed by atoms with E-state index >= 15 is 0 Å². The summed E-state index contributed by atoms with van der Waals surface area (Å²) in [6.07, 6.45) is 1.80. The molecule has 2 saturated heterocycles. The minimum absolute atomic E-state index is 0.0873. The van der Waals surface area contributed by atoms with Gasteiger partial charge < -0.3 is 19.3 Å². The van der Waals surface area contributed by atoms with Crippen molar-refractivity contribution in [3.63, 3.8) is 0 Å². The number of hydrogen-bond acceptors (Lipinski definition) is 6. The number of ether oxygens (including phenoxy) is 2. The lowest BCUT2D eigenvalue weighted by Gasteiger charge is -2.42. The summed E-state index contributed by atoms with van der Waals surface area (Å²) in [5.74, 6) is 0.0971. The molecule has 1 saturated carbocycles. The Kier molecular flexibility index (Phi) is 10.4. The highest BCUT2D eigenvalue weighted by molar-refractivity contribution is 5.79. The second-order valence-electron chi connectivity index (χ2n) is 12.3.